The zero-order chi connectivity index (χ0) is 17.0. The van der Waals surface area contributed by atoms with Crippen LogP contribution in [0.15, 0.2) is 34.9 Å². The Hall–Kier alpha value is -2.74. The molecule has 2 rings (SSSR count). The zero-order valence-corrected chi connectivity index (χ0v) is 12.9. The number of nitrogens with zero attached hydrogens (tertiary/aromatic N) is 3. The lowest BCUT2D eigenvalue weighted by Gasteiger charge is -2.15. The first-order valence-corrected chi connectivity index (χ1v) is 7.08. The molecule has 0 aliphatic rings. The Morgan fingerprint density at radius 1 is 1.43 bits per heavy atom. The van der Waals surface area contributed by atoms with Crippen LogP contribution in [0.25, 0.3) is 0 Å². The van der Waals surface area contributed by atoms with Crippen LogP contribution < -0.4 is 5.73 Å². The number of carbonyl (C=O) groups is 1. The van der Waals surface area contributed by atoms with E-state index >= 15 is 0 Å². The minimum Gasteiger partial charge on any atom is -0.446 e. The van der Waals surface area contributed by atoms with Crippen LogP contribution in [0.3, 0.4) is 0 Å². The number of benzene rings is 1. The van der Waals surface area contributed by atoms with Crippen LogP contribution in [0.1, 0.15) is 34.9 Å². The molecule has 2 N–H and O–H groups in total. The molecular formula is C15H18N4O4. The van der Waals surface area contributed by atoms with Gasteiger partial charge in [-0.25, -0.2) is 4.98 Å². The summed E-state index contributed by atoms with van der Waals surface area (Å²) in [6.07, 6.45) is 1.88. The summed E-state index contributed by atoms with van der Waals surface area (Å²) < 4.78 is 5.15. The summed E-state index contributed by atoms with van der Waals surface area (Å²) in [6, 6.07) is 5.89. The highest BCUT2D eigenvalue weighted by Gasteiger charge is 2.18. The van der Waals surface area contributed by atoms with Gasteiger partial charge in [0.1, 0.15) is 6.26 Å². The molecule has 0 saturated carbocycles. The van der Waals surface area contributed by atoms with E-state index in [1.165, 1.54) is 23.3 Å². The summed E-state index contributed by atoms with van der Waals surface area (Å²) in [5, 5.41) is 10.6. The number of aromatic nitrogens is 1. The minimum absolute atomic E-state index is 0.0456. The van der Waals surface area contributed by atoms with E-state index in [-0.39, 0.29) is 23.3 Å². The van der Waals surface area contributed by atoms with E-state index in [9.17, 15) is 14.9 Å². The number of nitrogens with two attached hydrogens (primary N) is 1. The third-order valence-electron chi connectivity index (χ3n) is 3.36. The van der Waals surface area contributed by atoms with E-state index < -0.39 is 4.92 Å². The van der Waals surface area contributed by atoms with E-state index in [1.54, 1.807) is 26.1 Å². The summed E-state index contributed by atoms with van der Waals surface area (Å²) in [5.41, 5.74) is 6.81. The van der Waals surface area contributed by atoms with Crippen molar-refractivity contribution in [3.05, 3.63) is 57.8 Å². The molecule has 2 aromatic rings. The van der Waals surface area contributed by atoms with Crippen LogP contribution in [-0.4, -0.2) is 34.3 Å². The molecule has 1 unspecified atom stereocenters. The van der Waals surface area contributed by atoms with Crippen molar-refractivity contribution in [2.75, 3.05) is 13.6 Å². The molecule has 8 heteroatoms. The highest BCUT2D eigenvalue weighted by molar-refractivity contribution is 5.91. The molecule has 1 atom stereocenters. The highest BCUT2D eigenvalue weighted by Crippen LogP contribution is 2.14. The lowest BCUT2D eigenvalue weighted by atomic mass is 10.1. The Morgan fingerprint density at radius 2 is 2.09 bits per heavy atom. The fourth-order valence-electron chi connectivity index (χ4n) is 1.97. The number of hydrogen-bond acceptors (Lipinski definition) is 6. The van der Waals surface area contributed by atoms with E-state index in [2.05, 4.69) is 4.98 Å². The number of non-ortho nitro benzene ring substituents is 1. The predicted octanol–water partition coefficient (Wildman–Crippen LogP) is 1.92. The monoisotopic (exact) mass is 318 g/mol. The first-order valence-electron chi connectivity index (χ1n) is 7.08. The average Bonchev–Trinajstić information content (AvgIpc) is 3.02. The summed E-state index contributed by atoms with van der Waals surface area (Å²) in [4.78, 5) is 28.0. The van der Waals surface area contributed by atoms with Crippen molar-refractivity contribution in [2.24, 2.45) is 5.73 Å². The summed E-state index contributed by atoms with van der Waals surface area (Å²) in [5.74, 6) is 0.0553. The standard InChI is InChI=1S/C15H18N4O4/c1-10(16)14-17-13(9-23-14)15(20)18(2)8-7-11-3-5-12(6-4-11)19(21)22/h3-6,9-10H,7-8,16H2,1-2H3. The molecule has 1 amide bonds. The fourth-order valence-corrected chi connectivity index (χ4v) is 1.97. The average molecular weight is 318 g/mol. The predicted molar refractivity (Wildman–Crippen MR) is 82.9 cm³/mol. The fraction of sp³-hybridized carbons (Fsp3) is 0.333. The van der Waals surface area contributed by atoms with Crippen molar-refractivity contribution in [2.45, 2.75) is 19.4 Å². The maximum Gasteiger partial charge on any atom is 0.275 e. The molecule has 0 saturated heterocycles. The van der Waals surface area contributed by atoms with Gasteiger partial charge in [0.15, 0.2) is 5.69 Å². The van der Waals surface area contributed by atoms with E-state index in [0.717, 1.165) is 5.56 Å². The van der Waals surface area contributed by atoms with Crippen LogP contribution in [0.5, 0.6) is 0 Å². The van der Waals surface area contributed by atoms with Gasteiger partial charge in [0, 0.05) is 25.7 Å². The van der Waals surface area contributed by atoms with Gasteiger partial charge in [-0.15, -0.1) is 0 Å². The number of carbonyl (C=O) groups excluding carboxylic acids is 1. The van der Waals surface area contributed by atoms with Gasteiger partial charge in [-0.1, -0.05) is 12.1 Å². The van der Waals surface area contributed by atoms with Crippen molar-refractivity contribution < 1.29 is 14.1 Å². The smallest absolute Gasteiger partial charge is 0.275 e. The van der Waals surface area contributed by atoms with Gasteiger partial charge in [-0.3, -0.25) is 14.9 Å². The van der Waals surface area contributed by atoms with Crippen molar-refractivity contribution in [3.8, 4) is 0 Å². The number of hydrogen-bond donors (Lipinski definition) is 1. The Bertz CT molecular complexity index is 694. The van der Waals surface area contributed by atoms with Gasteiger partial charge < -0.3 is 15.1 Å². The number of likely N-dealkylation sites (N-methyl/N-ethyl adjacent to an activating group) is 1. The van der Waals surface area contributed by atoms with Gasteiger partial charge in [-0.2, -0.15) is 0 Å². The van der Waals surface area contributed by atoms with Crippen LogP contribution in [0.4, 0.5) is 5.69 Å². The van der Waals surface area contributed by atoms with Gasteiger partial charge >= 0.3 is 0 Å². The number of nitro benzene ring substituents is 1. The highest BCUT2D eigenvalue weighted by atomic mass is 16.6. The van der Waals surface area contributed by atoms with E-state index in [1.807, 2.05) is 0 Å². The molecule has 8 nitrogen and oxygen atoms in total. The maximum atomic E-state index is 12.2. The van der Waals surface area contributed by atoms with Gasteiger partial charge in [0.2, 0.25) is 5.89 Å². The first kappa shape index (κ1) is 16.6. The molecule has 1 aromatic heterocycles. The Labute approximate surface area is 133 Å². The molecule has 0 radical (unpaired) electrons. The molecule has 23 heavy (non-hydrogen) atoms. The van der Waals surface area contributed by atoms with Crippen molar-refractivity contribution in [3.63, 3.8) is 0 Å². The molecule has 122 valence electrons. The van der Waals surface area contributed by atoms with Crippen LogP contribution in [0, 0.1) is 10.1 Å². The summed E-state index contributed by atoms with van der Waals surface area (Å²) in [6.45, 7) is 2.18. The van der Waals surface area contributed by atoms with Gasteiger partial charge in [0.25, 0.3) is 11.6 Å². The van der Waals surface area contributed by atoms with Gasteiger partial charge in [-0.05, 0) is 18.9 Å². The molecule has 0 fully saturated rings. The van der Waals surface area contributed by atoms with Crippen LogP contribution >= 0.6 is 0 Å². The Kier molecular flexibility index (Phi) is 5.07. The second kappa shape index (κ2) is 7.01. The van der Waals surface area contributed by atoms with Gasteiger partial charge in [0.05, 0.1) is 11.0 Å². The number of nitro groups is 1. The normalized spacial score (nSPS) is 12.0. The third kappa shape index (κ3) is 4.13. The van der Waals surface area contributed by atoms with E-state index in [0.29, 0.717) is 18.9 Å². The lowest BCUT2D eigenvalue weighted by molar-refractivity contribution is -0.384. The largest absolute Gasteiger partial charge is 0.446 e. The quantitative estimate of drug-likeness (QED) is 0.642. The molecule has 0 aliphatic heterocycles. The second-order valence-electron chi connectivity index (χ2n) is 5.26. The SMILES string of the molecule is CC(N)c1nc(C(=O)N(C)CCc2ccc([N+](=O)[O-])cc2)co1. The third-order valence-corrected chi connectivity index (χ3v) is 3.36. The Morgan fingerprint density at radius 3 is 2.61 bits per heavy atom. The number of rotatable bonds is 6. The van der Waals surface area contributed by atoms with Crippen LogP contribution in [0.2, 0.25) is 0 Å². The maximum absolute atomic E-state index is 12.2. The first-order chi connectivity index (χ1) is 10.9. The summed E-state index contributed by atoms with van der Waals surface area (Å²) in [7, 11) is 1.66. The van der Waals surface area contributed by atoms with Crippen LogP contribution in [-0.2, 0) is 6.42 Å². The van der Waals surface area contributed by atoms with Crippen molar-refractivity contribution in [1.29, 1.82) is 0 Å². The molecule has 0 aliphatic carbocycles. The molecule has 1 aromatic carbocycles. The molecule has 0 spiro atoms. The van der Waals surface area contributed by atoms with Crippen molar-refractivity contribution in [1.82, 2.24) is 9.88 Å². The lowest BCUT2D eigenvalue weighted by Crippen LogP contribution is -2.29. The van der Waals surface area contributed by atoms with Crippen molar-refractivity contribution >= 4 is 11.6 Å². The molecule has 1 heterocycles. The topological polar surface area (TPSA) is 116 Å². The molecule has 0 bridgehead atoms. The summed E-state index contributed by atoms with van der Waals surface area (Å²) >= 11 is 0. The minimum atomic E-state index is -0.444. The Balaban J connectivity index is 1.94. The number of oxazole rings is 1. The van der Waals surface area contributed by atoms with E-state index in [4.69, 9.17) is 10.2 Å². The number of amides is 1. The second-order valence-corrected chi connectivity index (χ2v) is 5.26. The zero-order valence-electron chi connectivity index (χ0n) is 12.9. The molecular weight excluding hydrogens is 300 g/mol.